The van der Waals surface area contributed by atoms with Gasteiger partial charge in [0.25, 0.3) is 0 Å². The summed E-state index contributed by atoms with van der Waals surface area (Å²) < 4.78 is 5.77. The summed E-state index contributed by atoms with van der Waals surface area (Å²) in [6.07, 6.45) is 0. The Morgan fingerprint density at radius 3 is 1.88 bits per heavy atom. The minimum absolute atomic E-state index is 0.724. The van der Waals surface area contributed by atoms with Crippen LogP contribution in [0.25, 0.3) is 0 Å². The van der Waals surface area contributed by atoms with E-state index >= 15 is 0 Å². The van der Waals surface area contributed by atoms with Crippen LogP contribution in [0, 0.1) is 0 Å². The topological polar surface area (TPSA) is 19.0 Å². The largest absolute Gasteiger partial charge is 0.492 e. The zero-order valence-corrected chi connectivity index (χ0v) is 14.7. The maximum atomic E-state index is 5.77. The minimum Gasteiger partial charge on any atom is -0.492 e. The molecule has 0 unspecified atom stereocenters. The van der Waals surface area contributed by atoms with Crippen molar-refractivity contribution in [1.29, 1.82) is 0 Å². The lowest BCUT2D eigenvalue weighted by atomic mass is 10.2. The molecule has 24 heavy (non-hydrogen) atoms. The van der Waals surface area contributed by atoms with Crippen LogP contribution < -0.4 is 14.5 Å². The lowest BCUT2D eigenvalue weighted by molar-refractivity contribution is 0.261. The molecule has 1 aliphatic rings. The first-order chi connectivity index (χ1) is 11.7. The Bertz CT molecular complexity index is 605. The number of rotatable bonds is 6. The number of para-hydroxylation sites is 1. The van der Waals surface area contributed by atoms with E-state index < -0.39 is 0 Å². The van der Waals surface area contributed by atoms with Crippen LogP contribution in [0.2, 0.25) is 0 Å². The molecule has 128 valence electrons. The third-order valence-corrected chi connectivity index (χ3v) is 4.41. The maximum Gasteiger partial charge on any atom is 0.119 e. The van der Waals surface area contributed by atoms with E-state index in [0.717, 1.165) is 45.1 Å². The van der Waals surface area contributed by atoms with Crippen LogP contribution in [0.15, 0.2) is 54.6 Å². The highest BCUT2D eigenvalue weighted by Crippen LogP contribution is 2.22. The van der Waals surface area contributed by atoms with Crippen LogP contribution in [0.5, 0.6) is 5.75 Å². The van der Waals surface area contributed by atoms with Gasteiger partial charge in [-0.05, 0) is 50.5 Å². The van der Waals surface area contributed by atoms with Gasteiger partial charge in [-0.15, -0.1) is 0 Å². The van der Waals surface area contributed by atoms with Crippen LogP contribution in [-0.4, -0.2) is 58.3 Å². The van der Waals surface area contributed by atoms with Gasteiger partial charge in [-0.2, -0.15) is 0 Å². The summed E-state index contributed by atoms with van der Waals surface area (Å²) >= 11 is 0. The SMILES string of the molecule is CN(C)CCOc1ccc(N2CCN(c3ccccc3)CC2)cc1. The Balaban J connectivity index is 1.51. The lowest BCUT2D eigenvalue weighted by Crippen LogP contribution is -2.46. The third kappa shape index (κ3) is 4.42. The average Bonchev–Trinajstić information content (AvgIpc) is 2.63. The molecule has 4 heteroatoms. The van der Waals surface area contributed by atoms with Crippen molar-refractivity contribution in [3.05, 3.63) is 54.6 Å². The first kappa shape index (κ1) is 16.7. The molecule has 0 bridgehead atoms. The summed E-state index contributed by atoms with van der Waals surface area (Å²) in [5, 5.41) is 0. The monoisotopic (exact) mass is 325 g/mol. The molecule has 0 aliphatic carbocycles. The predicted octanol–water partition coefficient (Wildman–Crippen LogP) is 2.95. The molecule has 0 amide bonds. The number of benzene rings is 2. The molecule has 4 nitrogen and oxygen atoms in total. The van der Waals surface area contributed by atoms with Crippen molar-refractivity contribution in [2.75, 3.05) is 63.2 Å². The number of likely N-dealkylation sites (N-methyl/N-ethyl adjacent to an activating group) is 1. The Labute approximate surface area is 145 Å². The van der Waals surface area contributed by atoms with Gasteiger partial charge in [-0.3, -0.25) is 0 Å². The summed E-state index contributed by atoms with van der Waals surface area (Å²) in [5.74, 6) is 0.948. The summed E-state index contributed by atoms with van der Waals surface area (Å²) in [5.41, 5.74) is 2.60. The van der Waals surface area contributed by atoms with Crippen molar-refractivity contribution in [2.24, 2.45) is 0 Å². The summed E-state index contributed by atoms with van der Waals surface area (Å²) in [6, 6.07) is 19.2. The fourth-order valence-corrected chi connectivity index (χ4v) is 2.96. The second-order valence-electron chi connectivity index (χ2n) is 6.46. The highest BCUT2D eigenvalue weighted by atomic mass is 16.5. The second kappa shape index (κ2) is 8.06. The van der Waals surface area contributed by atoms with E-state index in [1.807, 2.05) is 0 Å². The molecule has 0 spiro atoms. The van der Waals surface area contributed by atoms with E-state index in [-0.39, 0.29) is 0 Å². The molecule has 1 heterocycles. The highest BCUT2D eigenvalue weighted by molar-refractivity contribution is 5.52. The minimum atomic E-state index is 0.724. The molecule has 2 aromatic carbocycles. The summed E-state index contributed by atoms with van der Waals surface area (Å²) in [4.78, 5) is 7.03. The van der Waals surface area contributed by atoms with Gasteiger partial charge in [-0.1, -0.05) is 18.2 Å². The highest BCUT2D eigenvalue weighted by Gasteiger charge is 2.17. The van der Waals surface area contributed by atoms with Gasteiger partial charge in [0, 0.05) is 44.1 Å². The fourth-order valence-electron chi connectivity index (χ4n) is 2.96. The molecule has 1 aliphatic heterocycles. The normalized spacial score (nSPS) is 15.0. The number of hydrogen-bond donors (Lipinski definition) is 0. The van der Waals surface area contributed by atoms with Gasteiger partial charge in [0.15, 0.2) is 0 Å². The van der Waals surface area contributed by atoms with Crippen molar-refractivity contribution >= 4 is 11.4 Å². The van der Waals surface area contributed by atoms with E-state index in [1.165, 1.54) is 11.4 Å². The number of nitrogens with zero attached hydrogens (tertiary/aromatic N) is 3. The van der Waals surface area contributed by atoms with Crippen LogP contribution in [-0.2, 0) is 0 Å². The predicted molar refractivity (Wildman–Crippen MR) is 101 cm³/mol. The van der Waals surface area contributed by atoms with Crippen LogP contribution in [0.4, 0.5) is 11.4 Å². The first-order valence-electron chi connectivity index (χ1n) is 8.65. The van der Waals surface area contributed by atoms with Gasteiger partial charge in [0.2, 0.25) is 0 Å². The van der Waals surface area contributed by atoms with E-state index in [4.69, 9.17) is 4.74 Å². The van der Waals surface area contributed by atoms with Gasteiger partial charge in [-0.25, -0.2) is 0 Å². The molecule has 1 saturated heterocycles. The van der Waals surface area contributed by atoms with Gasteiger partial charge in [0.1, 0.15) is 12.4 Å². The van der Waals surface area contributed by atoms with E-state index in [1.54, 1.807) is 0 Å². The molecule has 0 radical (unpaired) electrons. The number of piperazine rings is 1. The zero-order chi connectivity index (χ0) is 16.8. The quantitative estimate of drug-likeness (QED) is 0.813. The molecule has 0 N–H and O–H groups in total. The van der Waals surface area contributed by atoms with Gasteiger partial charge >= 0.3 is 0 Å². The maximum absolute atomic E-state index is 5.77. The molecule has 3 rings (SSSR count). The number of anilines is 2. The van der Waals surface area contributed by atoms with Gasteiger partial charge in [0.05, 0.1) is 0 Å². The molecular formula is C20H27N3O. The Morgan fingerprint density at radius 2 is 1.33 bits per heavy atom. The molecule has 2 aromatic rings. The molecule has 0 aromatic heterocycles. The Kier molecular flexibility index (Phi) is 5.59. The zero-order valence-electron chi connectivity index (χ0n) is 14.7. The van der Waals surface area contributed by atoms with Crippen molar-refractivity contribution < 1.29 is 4.74 Å². The Morgan fingerprint density at radius 1 is 0.792 bits per heavy atom. The van der Waals surface area contributed by atoms with Crippen LogP contribution >= 0.6 is 0 Å². The smallest absolute Gasteiger partial charge is 0.119 e. The lowest BCUT2D eigenvalue weighted by Gasteiger charge is -2.37. The van der Waals surface area contributed by atoms with Crippen molar-refractivity contribution in [3.8, 4) is 5.75 Å². The van der Waals surface area contributed by atoms with Crippen molar-refractivity contribution in [1.82, 2.24) is 4.90 Å². The molecular weight excluding hydrogens is 298 g/mol. The van der Waals surface area contributed by atoms with E-state index in [9.17, 15) is 0 Å². The molecule has 0 atom stereocenters. The van der Waals surface area contributed by atoms with Crippen LogP contribution in [0.3, 0.4) is 0 Å². The first-order valence-corrected chi connectivity index (χ1v) is 8.65. The van der Waals surface area contributed by atoms with E-state index in [2.05, 4.69) is 83.4 Å². The third-order valence-electron chi connectivity index (χ3n) is 4.41. The van der Waals surface area contributed by atoms with Crippen LogP contribution in [0.1, 0.15) is 0 Å². The van der Waals surface area contributed by atoms with Crippen molar-refractivity contribution in [3.63, 3.8) is 0 Å². The summed E-state index contributed by atoms with van der Waals surface area (Å²) in [7, 11) is 4.11. The second-order valence-corrected chi connectivity index (χ2v) is 6.46. The Hall–Kier alpha value is -2.20. The number of hydrogen-bond acceptors (Lipinski definition) is 4. The van der Waals surface area contributed by atoms with E-state index in [0.29, 0.717) is 0 Å². The molecule has 1 fully saturated rings. The number of ether oxygens (including phenoxy) is 1. The van der Waals surface area contributed by atoms with Crippen molar-refractivity contribution in [2.45, 2.75) is 0 Å². The summed E-state index contributed by atoms with van der Waals surface area (Å²) in [6.45, 7) is 5.88. The average molecular weight is 325 g/mol. The standard InChI is InChI=1S/C20H27N3O/c1-21(2)16-17-24-20-10-8-19(9-11-20)23-14-12-22(13-15-23)18-6-4-3-5-7-18/h3-11H,12-17H2,1-2H3. The fraction of sp³-hybridized carbons (Fsp3) is 0.400. The molecule has 0 saturated carbocycles. The van der Waals surface area contributed by atoms with Gasteiger partial charge < -0.3 is 19.4 Å².